The van der Waals surface area contributed by atoms with Crippen molar-refractivity contribution in [3.05, 3.63) is 70.8 Å². The van der Waals surface area contributed by atoms with Crippen molar-refractivity contribution in [2.24, 2.45) is 5.92 Å². The molecule has 2 aromatic rings. The summed E-state index contributed by atoms with van der Waals surface area (Å²) in [5.74, 6) is 1.54. The summed E-state index contributed by atoms with van der Waals surface area (Å²) in [5, 5.41) is 0. The fraction of sp³-hybridized carbons (Fsp3) is 0.368. The number of hydrogen-bond donors (Lipinski definition) is 0. The Balaban J connectivity index is 1.72. The summed E-state index contributed by atoms with van der Waals surface area (Å²) in [4.78, 5) is 0. The first-order chi connectivity index (χ1) is 9.24. The van der Waals surface area contributed by atoms with Crippen LogP contribution < -0.4 is 0 Å². The van der Waals surface area contributed by atoms with E-state index < -0.39 is 0 Å². The van der Waals surface area contributed by atoms with Gasteiger partial charge in [-0.05, 0) is 53.4 Å². The van der Waals surface area contributed by atoms with Crippen molar-refractivity contribution in [2.45, 2.75) is 39.0 Å². The molecule has 0 aliphatic heterocycles. The van der Waals surface area contributed by atoms with Crippen LogP contribution >= 0.6 is 0 Å². The van der Waals surface area contributed by atoms with Crippen LogP contribution in [-0.2, 0) is 19.3 Å². The Labute approximate surface area is 116 Å². The lowest BCUT2D eigenvalue weighted by Crippen LogP contribution is -1.97. The highest BCUT2D eigenvalue weighted by atomic mass is 14.3. The SMILES string of the molecule is CC1Cc2cc(CCc3ccccc3)ccc2C1C. The molecule has 0 radical (unpaired) electrons. The van der Waals surface area contributed by atoms with Crippen LogP contribution in [-0.4, -0.2) is 0 Å². The lowest BCUT2D eigenvalue weighted by atomic mass is 9.96. The molecule has 0 heterocycles. The average molecular weight is 250 g/mol. The van der Waals surface area contributed by atoms with Gasteiger partial charge in [0.25, 0.3) is 0 Å². The van der Waals surface area contributed by atoms with Crippen molar-refractivity contribution in [2.75, 3.05) is 0 Å². The molecular formula is C19H22. The van der Waals surface area contributed by atoms with E-state index in [0.717, 1.165) is 24.7 Å². The Hall–Kier alpha value is -1.56. The molecule has 98 valence electrons. The molecule has 0 saturated heterocycles. The summed E-state index contributed by atoms with van der Waals surface area (Å²) in [6.45, 7) is 4.73. The number of hydrogen-bond acceptors (Lipinski definition) is 0. The van der Waals surface area contributed by atoms with Gasteiger partial charge in [-0.15, -0.1) is 0 Å². The molecule has 19 heavy (non-hydrogen) atoms. The van der Waals surface area contributed by atoms with Crippen molar-refractivity contribution in [3.63, 3.8) is 0 Å². The van der Waals surface area contributed by atoms with Crippen LogP contribution in [0.4, 0.5) is 0 Å². The number of rotatable bonds is 3. The molecule has 0 saturated carbocycles. The Morgan fingerprint density at radius 3 is 2.42 bits per heavy atom. The van der Waals surface area contributed by atoms with Crippen LogP contribution in [0.1, 0.15) is 42.0 Å². The number of aryl methyl sites for hydroxylation is 2. The van der Waals surface area contributed by atoms with Gasteiger partial charge in [0.1, 0.15) is 0 Å². The molecular weight excluding hydrogens is 228 g/mol. The maximum Gasteiger partial charge on any atom is -0.0159 e. The van der Waals surface area contributed by atoms with E-state index in [1.165, 1.54) is 17.5 Å². The van der Waals surface area contributed by atoms with Gasteiger partial charge >= 0.3 is 0 Å². The summed E-state index contributed by atoms with van der Waals surface area (Å²) >= 11 is 0. The molecule has 0 heteroatoms. The van der Waals surface area contributed by atoms with Crippen molar-refractivity contribution in [1.82, 2.24) is 0 Å². The Morgan fingerprint density at radius 2 is 1.63 bits per heavy atom. The van der Waals surface area contributed by atoms with Gasteiger partial charge in [-0.2, -0.15) is 0 Å². The van der Waals surface area contributed by atoms with E-state index >= 15 is 0 Å². The molecule has 0 fully saturated rings. The lowest BCUT2D eigenvalue weighted by Gasteiger charge is -2.09. The van der Waals surface area contributed by atoms with E-state index in [1.807, 2.05) is 0 Å². The predicted octanol–water partition coefficient (Wildman–Crippen LogP) is 4.77. The average Bonchev–Trinajstić information content (AvgIpc) is 2.73. The van der Waals surface area contributed by atoms with E-state index in [4.69, 9.17) is 0 Å². The van der Waals surface area contributed by atoms with Crippen LogP contribution in [0.2, 0.25) is 0 Å². The number of fused-ring (bicyclic) bond motifs is 1. The van der Waals surface area contributed by atoms with Crippen molar-refractivity contribution >= 4 is 0 Å². The Morgan fingerprint density at radius 1 is 0.895 bits per heavy atom. The van der Waals surface area contributed by atoms with Gasteiger partial charge in [-0.1, -0.05) is 62.4 Å². The monoisotopic (exact) mass is 250 g/mol. The summed E-state index contributed by atoms with van der Waals surface area (Å²) < 4.78 is 0. The topological polar surface area (TPSA) is 0 Å². The zero-order valence-electron chi connectivity index (χ0n) is 11.9. The minimum absolute atomic E-state index is 0.734. The second kappa shape index (κ2) is 5.21. The third kappa shape index (κ3) is 2.58. The predicted molar refractivity (Wildman–Crippen MR) is 81.6 cm³/mol. The standard InChI is InChI=1S/C19H22/c1-14-12-18-13-17(10-11-19(18)15(14)2)9-8-16-6-4-3-5-7-16/h3-7,10-11,13-15H,8-9,12H2,1-2H3. The largest absolute Gasteiger partial charge is 0.0622 e. The maximum atomic E-state index is 2.44. The normalized spacial score (nSPS) is 21.4. The van der Waals surface area contributed by atoms with Crippen LogP contribution in [0.15, 0.2) is 48.5 Å². The first-order valence-electron chi connectivity index (χ1n) is 7.39. The van der Waals surface area contributed by atoms with Crippen molar-refractivity contribution in [1.29, 1.82) is 0 Å². The first-order valence-corrected chi connectivity index (χ1v) is 7.39. The highest BCUT2D eigenvalue weighted by Gasteiger charge is 2.25. The van der Waals surface area contributed by atoms with E-state index in [2.05, 4.69) is 62.4 Å². The minimum atomic E-state index is 0.734. The molecule has 2 atom stereocenters. The quantitative estimate of drug-likeness (QED) is 0.736. The smallest absolute Gasteiger partial charge is 0.0159 e. The third-order valence-electron chi connectivity index (χ3n) is 4.64. The highest BCUT2D eigenvalue weighted by molar-refractivity contribution is 5.39. The highest BCUT2D eigenvalue weighted by Crippen LogP contribution is 2.37. The third-order valence-corrected chi connectivity index (χ3v) is 4.64. The molecule has 1 aliphatic carbocycles. The lowest BCUT2D eigenvalue weighted by molar-refractivity contribution is 0.532. The second-order valence-electron chi connectivity index (χ2n) is 5.99. The molecule has 2 aromatic carbocycles. The van der Waals surface area contributed by atoms with Crippen LogP contribution in [0.3, 0.4) is 0 Å². The van der Waals surface area contributed by atoms with Gasteiger partial charge in [0.05, 0.1) is 0 Å². The molecule has 0 bridgehead atoms. The van der Waals surface area contributed by atoms with Gasteiger partial charge in [-0.3, -0.25) is 0 Å². The van der Waals surface area contributed by atoms with E-state index in [0.29, 0.717) is 0 Å². The van der Waals surface area contributed by atoms with E-state index in [1.54, 1.807) is 11.1 Å². The summed E-state index contributed by atoms with van der Waals surface area (Å²) in [6.07, 6.45) is 3.56. The van der Waals surface area contributed by atoms with Crippen molar-refractivity contribution in [3.8, 4) is 0 Å². The van der Waals surface area contributed by atoms with Crippen LogP contribution in [0.25, 0.3) is 0 Å². The van der Waals surface area contributed by atoms with Crippen LogP contribution in [0, 0.1) is 5.92 Å². The molecule has 0 aromatic heterocycles. The van der Waals surface area contributed by atoms with E-state index in [9.17, 15) is 0 Å². The van der Waals surface area contributed by atoms with Crippen molar-refractivity contribution < 1.29 is 0 Å². The Kier molecular flexibility index (Phi) is 3.42. The summed E-state index contributed by atoms with van der Waals surface area (Å²) in [5.41, 5.74) is 6.09. The summed E-state index contributed by atoms with van der Waals surface area (Å²) in [7, 11) is 0. The molecule has 2 unspecified atom stereocenters. The molecule has 0 spiro atoms. The minimum Gasteiger partial charge on any atom is -0.0622 e. The van der Waals surface area contributed by atoms with Gasteiger partial charge in [-0.25, -0.2) is 0 Å². The fourth-order valence-electron chi connectivity index (χ4n) is 3.20. The summed E-state index contributed by atoms with van der Waals surface area (Å²) in [6, 6.07) is 17.9. The van der Waals surface area contributed by atoms with E-state index in [-0.39, 0.29) is 0 Å². The van der Waals surface area contributed by atoms with Gasteiger partial charge in [0.15, 0.2) is 0 Å². The zero-order chi connectivity index (χ0) is 13.2. The fourth-order valence-corrected chi connectivity index (χ4v) is 3.20. The maximum absolute atomic E-state index is 2.44. The van der Waals surface area contributed by atoms with Gasteiger partial charge in [0.2, 0.25) is 0 Å². The molecule has 0 amide bonds. The zero-order valence-corrected chi connectivity index (χ0v) is 11.9. The molecule has 1 aliphatic rings. The molecule has 0 nitrogen and oxygen atoms in total. The molecule has 3 rings (SSSR count). The number of benzene rings is 2. The first kappa shape index (κ1) is 12.5. The van der Waals surface area contributed by atoms with Gasteiger partial charge in [0, 0.05) is 0 Å². The molecule has 0 N–H and O–H groups in total. The van der Waals surface area contributed by atoms with Gasteiger partial charge < -0.3 is 0 Å². The second-order valence-corrected chi connectivity index (χ2v) is 5.99. The van der Waals surface area contributed by atoms with Crippen LogP contribution in [0.5, 0.6) is 0 Å². The Bertz CT molecular complexity index is 554.